The average molecular weight is 399 g/mol. The van der Waals surface area contributed by atoms with Crippen LogP contribution in [0.4, 0.5) is 5.82 Å². The molecule has 1 aliphatic rings. The number of ether oxygens (including phenoxy) is 1. The molecule has 27 heavy (non-hydrogen) atoms. The van der Waals surface area contributed by atoms with E-state index in [-0.39, 0.29) is 5.28 Å². The number of carbonyl (C=O) groups is 1. The van der Waals surface area contributed by atoms with Gasteiger partial charge in [0.05, 0.1) is 6.33 Å². The SMILES string of the molecule is CNc1nc(Cl)nc2c1ncn2C1OC(C(=O)NCCC(C)C)C(O)C1O. The van der Waals surface area contributed by atoms with Crippen LogP contribution in [0.2, 0.25) is 5.28 Å². The summed E-state index contributed by atoms with van der Waals surface area (Å²) < 4.78 is 7.09. The molecule has 10 nitrogen and oxygen atoms in total. The maximum absolute atomic E-state index is 12.3. The fraction of sp³-hybridized carbons (Fsp3) is 0.625. The van der Waals surface area contributed by atoms with E-state index in [1.165, 1.54) is 10.9 Å². The zero-order chi connectivity index (χ0) is 19.7. The number of nitrogens with zero attached hydrogens (tertiary/aromatic N) is 4. The quantitative estimate of drug-likeness (QED) is 0.510. The number of imidazole rings is 1. The van der Waals surface area contributed by atoms with Gasteiger partial charge >= 0.3 is 0 Å². The first-order valence-electron chi connectivity index (χ1n) is 8.70. The lowest BCUT2D eigenvalue weighted by Crippen LogP contribution is -2.43. The van der Waals surface area contributed by atoms with Crippen LogP contribution < -0.4 is 10.6 Å². The summed E-state index contributed by atoms with van der Waals surface area (Å²) in [5, 5.41) is 26.3. The molecule has 0 radical (unpaired) electrons. The lowest BCUT2D eigenvalue weighted by molar-refractivity contribution is -0.137. The Bertz CT molecular complexity index is 829. The third-order valence-corrected chi connectivity index (χ3v) is 4.59. The highest BCUT2D eigenvalue weighted by atomic mass is 35.5. The summed E-state index contributed by atoms with van der Waals surface area (Å²) in [4.78, 5) is 24.7. The van der Waals surface area contributed by atoms with Gasteiger partial charge in [-0.15, -0.1) is 0 Å². The minimum absolute atomic E-state index is 0.00962. The van der Waals surface area contributed by atoms with Gasteiger partial charge in [0.2, 0.25) is 5.28 Å². The smallest absolute Gasteiger partial charge is 0.252 e. The molecule has 1 amide bonds. The van der Waals surface area contributed by atoms with Gasteiger partial charge in [-0.3, -0.25) is 9.36 Å². The van der Waals surface area contributed by atoms with Crippen molar-refractivity contribution in [3.63, 3.8) is 0 Å². The van der Waals surface area contributed by atoms with Gasteiger partial charge < -0.3 is 25.6 Å². The number of amides is 1. The Labute approximate surface area is 160 Å². The number of hydrogen-bond acceptors (Lipinski definition) is 8. The molecule has 0 bridgehead atoms. The molecule has 1 saturated heterocycles. The molecule has 4 N–H and O–H groups in total. The number of aromatic nitrogens is 4. The molecule has 2 aromatic heterocycles. The summed E-state index contributed by atoms with van der Waals surface area (Å²) in [7, 11) is 1.67. The second kappa shape index (κ2) is 7.93. The van der Waals surface area contributed by atoms with Gasteiger partial charge in [-0.05, 0) is 23.9 Å². The van der Waals surface area contributed by atoms with E-state index in [4.69, 9.17) is 16.3 Å². The molecule has 148 valence electrons. The van der Waals surface area contributed by atoms with Crippen LogP contribution in [0.3, 0.4) is 0 Å². The maximum atomic E-state index is 12.3. The molecule has 3 rings (SSSR count). The minimum atomic E-state index is -1.38. The Morgan fingerprint density at radius 2 is 2.11 bits per heavy atom. The molecule has 1 fully saturated rings. The van der Waals surface area contributed by atoms with Gasteiger partial charge in [0.25, 0.3) is 5.91 Å². The van der Waals surface area contributed by atoms with Gasteiger partial charge in [0, 0.05) is 13.6 Å². The molecule has 11 heteroatoms. The second-order valence-electron chi connectivity index (χ2n) is 6.82. The van der Waals surface area contributed by atoms with E-state index < -0.39 is 30.4 Å². The van der Waals surface area contributed by atoms with Crippen LogP contribution in [-0.4, -0.2) is 67.5 Å². The number of nitrogens with one attached hydrogen (secondary N) is 2. The number of hydrogen-bond donors (Lipinski definition) is 4. The summed E-state index contributed by atoms with van der Waals surface area (Å²) in [6, 6.07) is 0. The predicted molar refractivity (Wildman–Crippen MR) is 98.3 cm³/mol. The molecule has 4 atom stereocenters. The molecule has 0 aromatic carbocycles. The zero-order valence-electron chi connectivity index (χ0n) is 15.3. The third kappa shape index (κ3) is 3.84. The molecule has 3 heterocycles. The fourth-order valence-electron chi connectivity index (χ4n) is 2.94. The summed E-state index contributed by atoms with van der Waals surface area (Å²) in [6.45, 7) is 4.55. The van der Waals surface area contributed by atoms with E-state index in [1.54, 1.807) is 7.05 Å². The van der Waals surface area contributed by atoms with Crippen LogP contribution in [0.15, 0.2) is 6.33 Å². The van der Waals surface area contributed by atoms with Crippen molar-refractivity contribution in [2.24, 2.45) is 5.92 Å². The molecule has 0 aliphatic carbocycles. The minimum Gasteiger partial charge on any atom is -0.387 e. The van der Waals surface area contributed by atoms with Gasteiger partial charge in [0.15, 0.2) is 29.3 Å². The molecular weight excluding hydrogens is 376 g/mol. The van der Waals surface area contributed by atoms with Crippen LogP contribution in [0, 0.1) is 5.92 Å². The van der Waals surface area contributed by atoms with Crippen LogP contribution in [0.25, 0.3) is 11.2 Å². The Kier molecular flexibility index (Phi) is 5.80. The lowest BCUT2D eigenvalue weighted by Gasteiger charge is -2.16. The molecule has 1 aliphatic heterocycles. The van der Waals surface area contributed by atoms with Crippen molar-refractivity contribution in [1.82, 2.24) is 24.8 Å². The monoisotopic (exact) mass is 398 g/mol. The van der Waals surface area contributed by atoms with Gasteiger partial charge in [0.1, 0.15) is 12.2 Å². The van der Waals surface area contributed by atoms with Crippen LogP contribution in [-0.2, 0) is 9.53 Å². The first-order valence-corrected chi connectivity index (χ1v) is 9.08. The average Bonchev–Trinajstić information content (AvgIpc) is 3.15. The Morgan fingerprint density at radius 1 is 1.37 bits per heavy atom. The van der Waals surface area contributed by atoms with E-state index in [2.05, 4.69) is 25.6 Å². The number of aliphatic hydroxyl groups excluding tert-OH is 2. The van der Waals surface area contributed by atoms with Gasteiger partial charge in [-0.2, -0.15) is 9.97 Å². The summed E-state index contributed by atoms with van der Waals surface area (Å²) in [5.41, 5.74) is 0.744. The van der Waals surface area contributed by atoms with Crippen molar-refractivity contribution >= 4 is 34.5 Å². The number of halogens is 1. The van der Waals surface area contributed by atoms with Crippen molar-refractivity contribution in [3.8, 4) is 0 Å². The lowest BCUT2D eigenvalue weighted by atomic mass is 10.1. The number of aliphatic hydroxyl groups is 2. The maximum Gasteiger partial charge on any atom is 0.252 e. The number of carbonyl (C=O) groups excluding carboxylic acids is 1. The molecule has 0 spiro atoms. The van der Waals surface area contributed by atoms with Crippen LogP contribution in [0.1, 0.15) is 26.5 Å². The standard InChI is InChI=1S/C16H23ClN6O4/c1-7(2)4-5-19-14(26)11-9(24)10(25)15(27-11)23-6-20-8-12(18-3)21-16(17)22-13(8)23/h6-7,9-11,15,24-25H,4-5H2,1-3H3,(H,19,26)(H,18,21,22). The Hall–Kier alpha value is -2.01. The van der Waals surface area contributed by atoms with Crippen molar-refractivity contribution in [2.45, 2.75) is 44.8 Å². The molecule has 2 aromatic rings. The van der Waals surface area contributed by atoms with E-state index in [9.17, 15) is 15.0 Å². The van der Waals surface area contributed by atoms with Crippen molar-refractivity contribution in [3.05, 3.63) is 11.6 Å². The zero-order valence-corrected chi connectivity index (χ0v) is 16.0. The second-order valence-corrected chi connectivity index (χ2v) is 7.16. The first kappa shape index (κ1) is 19.7. The van der Waals surface area contributed by atoms with Crippen molar-refractivity contribution < 1.29 is 19.7 Å². The predicted octanol–water partition coefficient (Wildman–Crippen LogP) is 0.303. The summed E-state index contributed by atoms with van der Waals surface area (Å²) >= 11 is 5.94. The highest BCUT2D eigenvalue weighted by Crippen LogP contribution is 2.32. The van der Waals surface area contributed by atoms with Gasteiger partial charge in [-0.1, -0.05) is 13.8 Å². The van der Waals surface area contributed by atoms with E-state index >= 15 is 0 Å². The van der Waals surface area contributed by atoms with Crippen LogP contribution in [0.5, 0.6) is 0 Å². The molecular formula is C16H23ClN6O4. The summed E-state index contributed by atoms with van der Waals surface area (Å²) in [5.74, 6) is 0.374. The van der Waals surface area contributed by atoms with Crippen molar-refractivity contribution in [1.29, 1.82) is 0 Å². The molecule has 0 saturated carbocycles. The van der Waals surface area contributed by atoms with E-state index in [0.29, 0.717) is 29.4 Å². The number of anilines is 1. The largest absolute Gasteiger partial charge is 0.387 e. The number of rotatable bonds is 6. The first-order chi connectivity index (χ1) is 12.8. The highest BCUT2D eigenvalue weighted by molar-refractivity contribution is 6.28. The Morgan fingerprint density at radius 3 is 2.78 bits per heavy atom. The van der Waals surface area contributed by atoms with E-state index in [1.807, 2.05) is 13.8 Å². The topological polar surface area (TPSA) is 134 Å². The van der Waals surface area contributed by atoms with Crippen molar-refractivity contribution in [2.75, 3.05) is 18.9 Å². The third-order valence-electron chi connectivity index (χ3n) is 4.42. The summed E-state index contributed by atoms with van der Waals surface area (Å²) in [6.07, 6.45) is -2.76. The highest BCUT2D eigenvalue weighted by Gasteiger charge is 2.47. The van der Waals surface area contributed by atoms with E-state index in [0.717, 1.165) is 6.42 Å². The Balaban J connectivity index is 1.83. The van der Waals surface area contributed by atoms with Crippen LogP contribution >= 0.6 is 11.6 Å². The normalized spacial score (nSPS) is 25.3. The van der Waals surface area contributed by atoms with Gasteiger partial charge in [-0.25, -0.2) is 4.98 Å². The number of fused-ring (bicyclic) bond motifs is 1. The fourth-order valence-corrected chi connectivity index (χ4v) is 3.11. The molecule has 4 unspecified atom stereocenters.